The van der Waals surface area contributed by atoms with E-state index in [9.17, 15) is 13.9 Å². The fraction of sp³-hybridized carbons (Fsp3) is 0.118. The summed E-state index contributed by atoms with van der Waals surface area (Å²) in [5.41, 5.74) is 1.36. The number of hydrogen-bond donors (Lipinski definition) is 1. The van der Waals surface area contributed by atoms with Crippen molar-refractivity contribution in [1.29, 1.82) is 0 Å². The maximum atomic E-state index is 13.3. The van der Waals surface area contributed by atoms with E-state index in [4.69, 9.17) is 34.8 Å². The molecule has 0 bridgehead atoms. The zero-order valence-electron chi connectivity index (χ0n) is 12.8. The quantitative estimate of drug-likeness (QED) is 0.627. The summed E-state index contributed by atoms with van der Waals surface area (Å²) < 4.78 is 28.0. The second-order valence-corrected chi connectivity index (χ2v) is 6.50. The minimum Gasteiger partial charge on any atom is -0.382 e. The van der Waals surface area contributed by atoms with Gasteiger partial charge < -0.3 is 5.11 Å². The molecule has 1 aromatic heterocycles. The summed E-state index contributed by atoms with van der Waals surface area (Å²) in [4.78, 5) is 4.14. The molecule has 8 heteroatoms. The van der Waals surface area contributed by atoms with E-state index in [2.05, 4.69) is 4.98 Å². The van der Waals surface area contributed by atoms with E-state index in [1.165, 1.54) is 28.8 Å². The van der Waals surface area contributed by atoms with Gasteiger partial charge in [0.25, 0.3) is 0 Å². The number of aromatic nitrogens is 2. The first-order chi connectivity index (χ1) is 11.8. The molecule has 0 aliphatic heterocycles. The first-order valence-electron chi connectivity index (χ1n) is 7.12. The van der Waals surface area contributed by atoms with Crippen LogP contribution in [0.2, 0.25) is 15.3 Å². The van der Waals surface area contributed by atoms with Gasteiger partial charge in [-0.1, -0.05) is 29.3 Å². The van der Waals surface area contributed by atoms with Crippen molar-refractivity contribution in [3.63, 3.8) is 0 Å². The highest BCUT2D eigenvalue weighted by Crippen LogP contribution is 2.35. The topological polar surface area (TPSA) is 38.0 Å². The van der Waals surface area contributed by atoms with Crippen LogP contribution < -0.4 is 0 Å². The number of aliphatic hydroxyl groups excluding tert-OH is 1. The van der Waals surface area contributed by atoms with Gasteiger partial charge in [0.1, 0.15) is 17.7 Å². The first-order valence-corrected chi connectivity index (χ1v) is 8.26. The molecular formula is C17H11Cl3F2N2O. The highest BCUT2D eigenvalue weighted by molar-refractivity contribution is 6.33. The number of aryl methyl sites for hydroxylation is 1. The number of halogens is 5. The van der Waals surface area contributed by atoms with Crippen LogP contribution in [0.4, 0.5) is 8.78 Å². The maximum absolute atomic E-state index is 13.3. The third kappa shape index (κ3) is 3.37. The van der Waals surface area contributed by atoms with Crippen LogP contribution in [0.1, 0.15) is 23.1 Å². The predicted octanol–water partition coefficient (Wildman–Crippen LogP) is 5.50. The molecule has 25 heavy (non-hydrogen) atoms. The van der Waals surface area contributed by atoms with Crippen LogP contribution in [0, 0.1) is 18.6 Å². The van der Waals surface area contributed by atoms with E-state index < -0.39 is 17.7 Å². The monoisotopic (exact) mass is 402 g/mol. The van der Waals surface area contributed by atoms with Gasteiger partial charge in [-0.15, -0.1) is 0 Å². The summed E-state index contributed by atoms with van der Waals surface area (Å²) in [6.45, 7) is 1.65. The van der Waals surface area contributed by atoms with Crippen molar-refractivity contribution >= 4 is 34.8 Å². The van der Waals surface area contributed by atoms with Gasteiger partial charge in [-0.2, -0.15) is 0 Å². The molecule has 0 fully saturated rings. The van der Waals surface area contributed by atoms with Crippen molar-refractivity contribution in [3.8, 4) is 5.69 Å². The first kappa shape index (κ1) is 18.1. The molecule has 3 aromatic rings. The van der Waals surface area contributed by atoms with E-state index >= 15 is 0 Å². The Kier molecular flexibility index (Phi) is 5.02. The summed E-state index contributed by atoms with van der Waals surface area (Å²) in [5, 5.41) is 11.0. The third-order valence-electron chi connectivity index (χ3n) is 3.72. The molecular weight excluding hydrogens is 393 g/mol. The fourth-order valence-electron chi connectivity index (χ4n) is 2.59. The van der Waals surface area contributed by atoms with Crippen molar-refractivity contribution in [2.75, 3.05) is 0 Å². The Morgan fingerprint density at radius 1 is 1.00 bits per heavy atom. The molecule has 1 heterocycles. The van der Waals surface area contributed by atoms with E-state index in [1.807, 2.05) is 0 Å². The maximum Gasteiger partial charge on any atom is 0.207 e. The van der Waals surface area contributed by atoms with Crippen LogP contribution in [-0.2, 0) is 0 Å². The van der Waals surface area contributed by atoms with Crippen LogP contribution >= 0.6 is 34.8 Å². The Morgan fingerprint density at radius 2 is 1.60 bits per heavy atom. The summed E-state index contributed by atoms with van der Waals surface area (Å²) in [6.07, 6.45) is -1.24. The van der Waals surface area contributed by atoms with Crippen molar-refractivity contribution in [2.24, 2.45) is 0 Å². The van der Waals surface area contributed by atoms with Gasteiger partial charge in [-0.25, -0.2) is 13.8 Å². The summed E-state index contributed by atoms with van der Waals surface area (Å²) in [6, 6.07) is 7.43. The number of aliphatic hydroxyl groups is 1. The van der Waals surface area contributed by atoms with Crippen molar-refractivity contribution < 1.29 is 13.9 Å². The molecule has 0 aliphatic rings. The molecule has 0 spiro atoms. The van der Waals surface area contributed by atoms with Crippen LogP contribution in [0.3, 0.4) is 0 Å². The van der Waals surface area contributed by atoms with Crippen molar-refractivity contribution in [2.45, 2.75) is 13.0 Å². The van der Waals surface area contributed by atoms with Crippen LogP contribution in [-0.4, -0.2) is 14.7 Å². The van der Waals surface area contributed by atoms with E-state index in [1.54, 1.807) is 6.92 Å². The average molecular weight is 404 g/mol. The molecule has 1 unspecified atom stereocenters. The Morgan fingerprint density at radius 3 is 2.20 bits per heavy atom. The SMILES string of the molecule is Cc1nc(Cl)n(-c2ccc(F)cc2Cl)c1C(O)c1ccc(F)cc1Cl. The normalized spacial score (nSPS) is 12.4. The summed E-state index contributed by atoms with van der Waals surface area (Å²) >= 11 is 18.3. The molecule has 0 aliphatic carbocycles. The number of rotatable bonds is 3. The second kappa shape index (κ2) is 6.92. The van der Waals surface area contributed by atoms with Gasteiger partial charge in [0.15, 0.2) is 0 Å². The Bertz CT molecular complexity index is 959. The molecule has 3 nitrogen and oxygen atoms in total. The predicted molar refractivity (Wildman–Crippen MR) is 93.8 cm³/mol. The van der Waals surface area contributed by atoms with Crippen LogP contribution in [0.5, 0.6) is 0 Å². The highest BCUT2D eigenvalue weighted by atomic mass is 35.5. The Labute approximate surface area is 157 Å². The zero-order valence-corrected chi connectivity index (χ0v) is 15.0. The lowest BCUT2D eigenvalue weighted by atomic mass is 10.0. The summed E-state index contributed by atoms with van der Waals surface area (Å²) in [5.74, 6) is -1.03. The van der Waals surface area contributed by atoms with E-state index in [0.717, 1.165) is 12.1 Å². The molecule has 0 saturated carbocycles. The number of hydrogen-bond acceptors (Lipinski definition) is 2. The Hall–Kier alpha value is -1.66. The number of nitrogens with zero attached hydrogens (tertiary/aromatic N) is 2. The molecule has 2 aromatic carbocycles. The van der Waals surface area contributed by atoms with Crippen molar-refractivity contribution in [1.82, 2.24) is 9.55 Å². The van der Waals surface area contributed by atoms with Gasteiger partial charge in [-0.05, 0) is 48.9 Å². The molecule has 1 atom stereocenters. The number of benzene rings is 2. The number of imidazole rings is 1. The molecule has 1 N–H and O–H groups in total. The lowest BCUT2D eigenvalue weighted by molar-refractivity contribution is 0.212. The van der Waals surface area contributed by atoms with Crippen molar-refractivity contribution in [3.05, 3.63) is 80.3 Å². The Balaban J connectivity index is 2.20. The minimum atomic E-state index is -1.24. The fourth-order valence-corrected chi connectivity index (χ4v) is 3.42. The van der Waals surface area contributed by atoms with Gasteiger partial charge in [0.05, 0.1) is 22.1 Å². The van der Waals surface area contributed by atoms with Gasteiger partial charge >= 0.3 is 0 Å². The smallest absolute Gasteiger partial charge is 0.207 e. The molecule has 3 rings (SSSR count). The standard InChI is InChI=1S/C17H11Cl3F2N2O/c1-8-15(16(25)11-4-2-9(21)6-12(11)18)24(17(20)23-8)14-5-3-10(22)7-13(14)19/h2-7,16,25H,1H3. The molecule has 130 valence electrons. The van der Waals surface area contributed by atoms with E-state index in [0.29, 0.717) is 17.1 Å². The third-order valence-corrected chi connectivity index (χ3v) is 4.61. The van der Waals surface area contributed by atoms with E-state index in [-0.39, 0.29) is 20.9 Å². The lowest BCUT2D eigenvalue weighted by Gasteiger charge is -2.18. The van der Waals surface area contributed by atoms with Crippen LogP contribution in [0.25, 0.3) is 5.69 Å². The highest BCUT2D eigenvalue weighted by Gasteiger charge is 2.25. The van der Waals surface area contributed by atoms with Gasteiger partial charge in [-0.3, -0.25) is 4.57 Å². The molecule has 0 saturated heterocycles. The van der Waals surface area contributed by atoms with Gasteiger partial charge in [0.2, 0.25) is 5.28 Å². The van der Waals surface area contributed by atoms with Crippen LogP contribution in [0.15, 0.2) is 36.4 Å². The lowest BCUT2D eigenvalue weighted by Crippen LogP contribution is -2.10. The summed E-state index contributed by atoms with van der Waals surface area (Å²) in [7, 11) is 0. The average Bonchev–Trinajstić information content (AvgIpc) is 2.81. The molecule has 0 radical (unpaired) electrons. The zero-order chi connectivity index (χ0) is 18.3. The minimum absolute atomic E-state index is 0.0401. The largest absolute Gasteiger partial charge is 0.382 e. The molecule has 0 amide bonds. The van der Waals surface area contributed by atoms with Gasteiger partial charge in [0, 0.05) is 10.6 Å². The second-order valence-electron chi connectivity index (χ2n) is 5.35.